The minimum atomic E-state index is -4.73. The van der Waals surface area contributed by atoms with Crippen LogP contribution < -0.4 is 0 Å². The molecule has 0 saturated heterocycles. The second-order valence-electron chi connectivity index (χ2n) is 5.45. The first-order chi connectivity index (χ1) is 10.4. The van der Waals surface area contributed by atoms with Crippen LogP contribution in [0.5, 0.6) is 0 Å². The minimum Gasteiger partial charge on any atom is -0.388 e. The van der Waals surface area contributed by atoms with Gasteiger partial charge in [-0.3, -0.25) is 0 Å². The van der Waals surface area contributed by atoms with E-state index in [9.17, 15) is 22.7 Å². The van der Waals surface area contributed by atoms with Crippen LogP contribution in [-0.2, 0) is 12.6 Å². The lowest BCUT2D eigenvalue weighted by Crippen LogP contribution is -2.12. The van der Waals surface area contributed by atoms with Gasteiger partial charge in [0, 0.05) is 5.56 Å². The van der Waals surface area contributed by atoms with Crippen LogP contribution in [0.1, 0.15) is 35.6 Å². The topological polar surface area (TPSA) is 20.2 Å². The smallest absolute Gasteiger partial charge is 0.388 e. The number of fused-ring (bicyclic) bond motifs is 1. The molecule has 116 valence electrons. The lowest BCUT2D eigenvalue weighted by Gasteiger charge is -2.24. The molecule has 0 heterocycles. The fourth-order valence-corrected chi connectivity index (χ4v) is 3.03. The van der Waals surface area contributed by atoms with E-state index in [0.717, 1.165) is 18.1 Å². The lowest BCUT2D eigenvalue weighted by molar-refractivity contribution is -0.139. The molecule has 0 saturated carbocycles. The Balaban J connectivity index is 2.19. The van der Waals surface area contributed by atoms with Gasteiger partial charge in [-0.25, -0.2) is 4.39 Å². The standard InChI is InChI=1S/C17H14F4O/c18-16-13(7-2-8-14(16)17(19,20)21)11-4-1-6-12-10(11)5-3-9-15(12)22/h1-2,4,6-8,15,22H,3,5,9H2. The maximum Gasteiger partial charge on any atom is 0.419 e. The van der Waals surface area contributed by atoms with Crippen molar-refractivity contribution in [3.8, 4) is 11.1 Å². The SMILES string of the molecule is OC1CCCc2c(-c3cccc(C(F)(F)F)c3F)cccc21. The Morgan fingerprint density at radius 1 is 1.00 bits per heavy atom. The average molecular weight is 310 g/mol. The molecular weight excluding hydrogens is 296 g/mol. The molecule has 3 rings (SSSR count). The van der Waals surface area contributed by atoms with E-state index in [2.05, 4.69) is 0 Å². The molecule has 1 nitrogen and oxygen atoms in total. The molecule has 0 spiro atoms. The van der Waals surface area contributed by atoms with Crippen molar-refractivity contribution in [2.24, 2.45) is 0 Å². The maximum absolute atomic E-state index is 14.3. The van der Waals surface area contributed by atoms with Crippen molar-refractivity contribution >= 4 is 0 Å². The molecule has 1 aliphatic carbocycles. The molecule has 1 aliphatic rings. The maximum atomic E-state index is 14.3. The van der Waals surface area contributed by atoms with E-state index in [4.69, 9.17) is 0 Å². The van der Waals surface area contributed by atoms with Crippen LogP contribution in [0.15, 0.2) is 36.4 Å². The summed E-state index contributed by atoms with van der Waals surface area (Å²) < 4.78 is 52.9. The van der Waals surface area contributed by atoms with Crippen molar-refractivity contribution in [3.05, 3.63) is 58.9 Å². The second kappa shape index (κ2) is 5.39. The largest absolute Gasteiger partial charge is 0.419 e. The molecule has 0 bridgehead atoms. The Hall–Kier alpha value is -1.88. The number of alkyl halides is 3. The number of hydrogen-bond donors (Lipinski definition) is 1. The summed E-state index contributed by atoms with van der Waals surface area (Å²) in [6.07, 6.45) is -3.41. The van der Waals surface area contributed by atoms with Gasteiger partial charge in [0.1, 0.15) is 5.82 Å². The summed E-state index contributed by atoms with van der Waals surface area (Å²) in [5, 5.41) is 10.0. The van der Waals surface area contributed by atoms with Crippen LogP contribution in [0.3, 0.4) is 0 Å². The monoisotopic (exact) mass is 310 g/mol. The van der Waals surface area contributed by atoms with Crippen molar-refractivity contribution in [2.45, 2.75) is 31.5 Å². The van der Waals surface area contributed by atoms with Gasteiger partial charge in [-0.2, -0.15) is 13.2 Å². The average Bonchev–Trinajstić information content (AvgIpc) is 2.46. The third-order valence-corrected chi connectivity index (χ3v) is 4.07. The third kappa shape index (κ3) is 2.50. The number of benzene rings is 2. The molecule has 2 aromatic rings. The first-order valence-electron chi connectivity index (χ1n) is 7.05. The summed E-state index contributed by atoms with van der Waals surface area (Å²) in [4.78, 5) is 0. The van der Waals surface area contributed by atoms with Gasteiger partial charge in [-0.15, -0.1) is 0 Å². The predicted molar refractivity (Wildman–Crippen MR) is 74.7 cm³/mol. The van der Waals surface area contributed by atoms with Gasteiger partial charge in [0.25, 0.3) is 0 Å². The van der Waals surface area contributed by atoms with E-state index >= 15 is 0 Å². The number of halogens is 4. The van der Waals surface area contributed by atoms with Gasteiger partial charge in [0.05, 0.1) is 11.7 Å². The van der Waals surface area contributed by atoms with Crippen molar-refractivity contribution in [2.75, 3.05) is 0 Å². The molecule has 2 aromatic carbocycles. The number of hydrogen-bond acceptors (Lipinski definition) is 1. The van der Waals surface area contributed by atoms with Crippen molar-refractivity contribution < 1.29 is 22.7 Å². The Labute approximate surface area is 125 Å². The zero-order valence-corrected chi connectivity index (χ0v) is 11.6. The summed E-state index contributed by atoms with van der Waals surface area (Å²) in [5.41, 5.74) is 0.514. The highest BCUT2D eigenvalue weighted by Crippen LogP contribution is 2.40. The van der Waals surface area contributed by atoms with Gasteiger partial charge in [-0.1, -0.05) is 30.3 Å². The molecule has 0 aromatic heterocycles. The first kappa shape index (κ1) is 15.0. The molecule has 1 unspecified atom stereocenters. The van der Waals surface area contributed by atoms with Crippen LogP contribution in [0.25, 0.3) is 11.1 Å². The molecule has 0 fully saturated rings. The van der Waals surface area contributed by atoms with Crippen molar-refractivity contribution in [1.29, 1.82) is 0 Å². The van der Waals surface area contributed by atoms with Crippen LogP contribution >= 0.6 is 0 Å². The highest BCUT2D eigenvalue weighted by Gasteiger charge is 2.35. The zero-order valence-electron chi connectivity index (χ0n) is 11.6. The Morgan fingerprint density at radius 2 is 1.68 bits per heavy atom. The van der Waals surface area contributed by atoms with E-state index in [1.807, 2.05) is 0 Å². The number of aliphatic hydroxyl groups is 1. The predicted octanol–water partition coefficient (Wildman–Crippen LogP) is 4.88. The molecule has 0 aliphatic heterocycles. The summed E-state index contributed by atoms with van der Waals surface area (Å²) in [6, 6.07) is 8.29. The van der Waals surface area contributed by atoms with E-state index in [1.54, 1.807) is 18.2 Å². The quantitative estimate of drug-likeness (QED) is 0.744. The fraction of sp³-hybridized carbons (Fsp3) is 0.294. The van der Waals surface area contributed by atoms with Crippen LogP contribution in [0.4, 0.5) is 17.6 Å². The summed E-state index contributed by atoms with van der Waals surface area (Å²) in [5.74, 6) is -1.26. The zero-order chi connectivity index (χ0) is 15.9. The van der Waals surface area contributed by atoms with E-state index in [-0.39, 0.29) is 5.56 Å². The van der Waals surface area contributed by atoms with Crippen LogP contribution in [0.2, 0.25) is 0 Å². The fourth-order valence-electron chi connectivity index (χ4n) is 3.03. The second-order valence-corrected chi connectivity index (χ2v) is 5.45. The Kier molecular flexibility index (Phi) is 3.68. The van der Waals surface area contributed by atoms with Gasteiger partial charge >= 0.3 is 6.18 Å². The normalized spacial score (nSPS) is 18.1. The summed E-state index contributed by atoms with van der Waals surface area (Å²) >= 11 is 0. The van der Waals surface area contributed by atoms with E-state index in [0.29, 0.717) is 24.0 Å². The molecule has 1 N–H and O–H groups in total. The summed E-state index contributed by atoms with van der Waals surface area (Å²) in [6.45, 7) is 0. The molecule has 1 atom stereocenters. The van der Waals surface area contributed by atoms with Gasteiger partial charge in [-0.05, 0) is 42.0 Å². The Morgan fingerprint density at radius 3 is 2.41 bits per heavy atom. The highest BCUT2D eigenvalue weighted by atomic mass is 19.4. The molecule has 0 amide bonds. The van der Waals surface area contributed by atoms with Crippen LogP contribution in [-0.4, -0.2) is 5.11 Å². The lowest BCUT2D eigenvalue weighted by atomic mass is 9.84. The first-order valence-corrected chi connectivity index (χ1v) is 7.05. The van der Waals surface area contributed by atoms with Crippen molar-refractivity contribution in [3.63, 3.8) is 0 Å². The van der Waals surface area contributed by atoms with E-state index < -0.39 is 23.7 Å². The third-order valence-electron chi connectivity index (χ3n) is 4.07. The van der Waals surface area contributed by atoms with Crippen LogP contribution in [0, 0.1) is 5.82 Å². The minimum absolute atomic E-state index is 0.0687. The molecule has 22 heavy (non-hydrogen) atoms. The van der Waals surface area contributed by atoms with Crippen molar-refractivity contribution in [1.82, 2.24) is 0 Å². The van der Waals surface area contributed by atoms with Gasteiger partial charge < -0.3 is 5.11 Å². The molecular formula is C17H14F4O. The summed E-state index contributed by atoms with van der Waals surface area (Å²) in [7, 11) is 0. The van der Waals surface area contributed by atoms with Gasteiger partial charge in [0.15, 0.2) is 0 Å². The highest BCUT2D eigenvalue weighted by molar-refractivity contribution is 5.71. The number of rotatable bonds is 1. The molecule has 5 heteroatoms. The molecule has 0 radical (unpaired) electrons. The van der Waals surface area contributed by atoms with Gasteiger partial charge in [0.2, 0.25) is 0 Å². The number of aliphatic hydroxyl groups excluding tert-OH is 1. The van der Waals surface area contributed by atoms with E-state index in [1.165, 1.54) is 12.1 Å². The Bertz CT molecular complexity index is 706.